The zero-order valence-corrected chi connectivity index (χ0v) is 16.1. The largest absolute Gasteiger partial charge is 0.385 e. The van der Waals surface area contributed by atoms with Crippen LogP contribution in [-0.4, -0.2) is 40.9 Å². The van der Waals surface area contributed by atoms with Crippen molar-refractivity contribution in [1.82, 2.24) is 20.1 Å². The highest BCUT2D eigenvalue weighted by atomic mass is 16.5. The minimum atomic E-state index is -0.420. The van der Waals surface area contributed by atoms with Gasteiger partial charge in [0.05, 0.1) is 5.69 Å². The van der Waals surface area contributed by atoms with Crippen molar-refractivity contribution in [3.63, 3.8) is 0 Å². The molecule has 2 aromatic heterocycles. The minimum absolute atomic E-state index is 0.0188. The van der Waals surface area contributed by atoms with Crippen LogP contribution < -0.4 is 5.32 Å². The number of aromatic nitrogens is 3. The van der Waals surface area contributed by atoms with Crippen LogP contribution in [0.5, 0.6) is 0 Å². The summed E-state index contributed by atoms with van der Waals surface area (Å²) in [5, 5.41) is 16.9. The summed E-state index contributed by atoms with van der Waals surface area (Å²) in [6, 6.07) is 15.3. The average molecular weight is 387 g/mol. The standard InChI is InChI=1S/C22H21N5O2/c1-29-13-5-10-25-22(28)18(15-23)14-19-16-27(20-6-3-2-4-7-20)26-21(19)17-8-11-24-12-9-17/h2-4,6-9,11-12,14,16H,5,10,13H2,1H3,(H,25,28). The maximum absolute atomic E-state index is 12.4. The molecule has 0 aliphatic rings. The molecule has 7 heteroatoms. The van der Waals surface area contributed by atoms with E-state index < -0.39 is 5.91 Å². The van der Waals surface area contributed by atoms with E-state index in [-0.39, 0.29) is 5.57 Å². The number of carbonyl (C=O) groups excluding carboxylic acids is 1. The van der Waals surface area contributed by atoms with E-state index in [1.165, 1.54) is 0 Å². The molecule has 146 valence electrons. The molecule has 1 aromatic carbocycles. The van der Waals surface area contributed by atoms with Crippen molar-refractivity contribution in [3.05, 3.63) is 72.2 Å². The molecule has 0 aliphatic heterocycles. The predicted octanol–water partition coefficient (Wildman–Crippen LogP) is 2.99. The molecule has 29 heavy (non-hydrogen) atoms. The first-order chi connectivity index (χ1) is 14.2. The second-order valence-corrected chi connectivity index (χ2v) is 6.22. The summed E-state index contributed by atoms with van der Waals surface area (Å²) in [5.74, 6) is -0.420. The molecule has 3 aromatic rings. The first kappa shape index (κ1) is 20.0. The third kappa shape index (κ3) is 5.15. The van der Waals surface area contributed by atoms with E-state index in [1.54, 1.807) is 36.5 Å². The molecule has 0 bridgehead atoms. The molecule has 7 nitrogen and oxygen atoms in total. The summed E-state index contributed by atoms with van der Waals surface area (Å²) in [7, 11) is 1.60. The smallest absolute Gasteiger partial charge is 0.261 e. The van der Waals surface area contributed by atoms with Crippen LogP contribution in [0.25, 0.3) is 23.0 Å². The van der Waals surface area contributed by atoms with Gasteiger partial charge in [-0.05, 0) is 36.8 Å². The number of pyridine rings is 1. The lowest BCUT2D eigenvalue weighted by molar-refractivity contribution is -0.117. The lowest BCUT2D eigenvalue weighted by atomic mass is 10.1. The number of ether oxygens (including phenoxy) is 1. The lowest BCUT2D eigenvalue weighted by Gasteiger charge is -2.04. The molecule has 1 amide bonds. The number of nitrogens with one attached hydrogen (secondary N) is 1. The Balaban J connectivity index is 1.96. The van der Waals surface area contributed by atoms with Crippen molar-refractivity contribution >= 4 is 12.0 Å². The number of methoxy groups -OCH3 is 1. The van der Waals surface area contributed by atoms with E-state index in [0.717, 1.165) is 11.3 Å². The number of hydrogen-bond donors (Lipinski definition) is 1. The summed E-state index contributed by atoms with van der Waals surface area (Å²) >= 11 is 0. The Hall–Kier alpha value is -3.76. The van der Waals surface area contributed by atoms with Crippen molar-refractivity contribution in [2.24, 2.45) is 0 Å². The molecular weight excluding hydrogens is 366 g/mol. The number of benzene rings is 1. The maximum atomic E-state index is 12.4. The highest BCUT2D eigenvalue weighted by Crippen LogP contribution is 2.25. The molecule has 1 N–H and O–H groups in total. The van der Waals surface area contributed by atoms with Gasteiger partial charge >= 0.3 is 0 Å². The molecule has 0 spiro atoms. The number of amides is 1. The van der Waals surface area contributed by atoms with Crippen molar-refractivity contribution in [3.8, 4) is 23.0 Å². The highest BCUT2D eigenvalue weighted by molar-refractivity contribution is 6.02. The van der Waals surface area contributed by atoms with Crippen molar-refractivity contribution in [2.45, 2.75) is 6.42 Å². The van der Waals surface area contributed by atoms with Gasteiger partial charge in [0.1, 0.15) is 17.3 Å². The van der Waals surface area contributed by atoms with Crippen molar-refractivity contribution in [2.75, 3.05) is 20.3 Å². The molecule has 0 saturated heterocycles. The zero-order valence-electron chi connectivity index (χ0n) is 16.1. The normalized spacial score (nSPS) is 11.1. The molecule has 0 saturated carbocycles. The summed E-state index contributed by atoms with van der Waals surface area (Å²) in [5.41, 5.74) is 3.08. The number of carbonyl (C=O) groups is 1. The third-order valence-corrected chi connectivity index (χ3v) is 4.19. The van der Waals surface area contributed by atoms with E-state index in [9.17, 15) is 10.1 Å². The van der Waals surface area contributed by atoms with E-state index in [4.69, 9.17) is 4.74 Å². The first-order valence-corrected chi connectivity index (χ1v) is 9.17. The number of nitrogens with zero attached hydrogens (tertiary/aromatic N) is 4. The average Bonchev–Trinajstić information content (AvgIpc) is 3.20. The number of hydrogen-bond acceptors (Lipinski definition) is 5. The summed E-state index contributed by atoms with van der Waals surface area (Å²) in [6.07, 6.45) is 7.40. The van der Waals surface area contributed by atoms with Crippen molar-refractivity contribution in [1.29, 1.82) is 5.26 Å². The minimum Gasteiger partial charge on any atom is -0.385 e. The molecule has 0 atom stereocenters. The van der Waals surface area contributed by atoms with Crippen LogP contribution in [0.1, 0.15) is 12.0 Å². The van der Waals surface area contributed by atoms with Crippen molar-refractivity contribution < 1.29 is 9.53 Å². The van der Waals surface area contributed by atoms with Crippen LogP contribution in [0.3, 0.4) is 0 Å². The second-order valence-electron chi connectivity index (χ2n) is 6.22. The van der Waals surface area contributed by atoms with Gasteiger partial charge < -0.3 is 10.1 Å². The van der Waals surface area contributed by atoms with Gasteiger partial charge in [-0.3, -0.25) is 9.78 Å². The van der Waals surface area contributed by atoms with Crippen LogP contribution in [0, 0.1) is 11.3 Å². The molecule has 0 unspecified atom stereocenters. The monoisotopic (exact) mass is 387 g/mol. The fourth-order valence-corrected chi connectivity index (χ4v) is 2.76. The Bertz CT molecular complexity index is 1020. The Kier molecular flexibility index (Phi) is 6.87. The quantitative estimate of drug-likeness (QED) is 0.364. The maximum Gasteiger partial charge on any atom is 0.261 e. The highest BCUT2D eigenvalue weighted by Gasteiger charge is 2.14. The predicted molar refractivity (Wildman–Crippen MR) is 110 cm³/mol. The van der Waals surface area contributed by atoms with E-state index in [1.807, 2.05) is 48.5 Å². The van der Waals surface area contributed by atoms with Gasteiger partial charge in [-0.1, -0.05) is 18.2 Å². The van der Waals surface area contributed by atoms with Gasteiger partial charge in [0.15, 0.2) is 0 Å². The Morgan fingerprint density at radius 3 is 2.69 bits per heavy atom. The topological polar surface area (TPSA) is 92.8 Å². The number of para-hydroxylation sites is 1. The Morgan fingerprint density at radius 2 is 2.00 bits per heavy atom. The molecule has 0 aliphatic carbocycles. The van der Waals surface area contributed by atoms with Gasteiger partial charge in [-0.2, -0.15) is 10.4 Å². The first-order valence-electron chi connectivity index (χ1n) is 9.17. The molecule has 0 radical (unpaired) electrons. The van der Waals surface area contributed by atoms with E-state index in [2.05, 4.69) is 15.4 Å². The van der Waals surface area contributed by atoms with Gasteiger partial charge in [0.25, 0.3) is 5.91 Å². The van der Waals surface area contributed by atoms with Crippen LogP contribution in [0.4, 0.5) is 0 Å². The van der Waals surface area contributed by atoms with Crippen LogP contribution in [0.2, 0.25) is 0 Å². The second kappa shape index (κ2) is 9.97. The Labute approximate surface area is 169 Å². The van der Waals surface area contributed by atoms with Crippen LogP contribution >= 0.6 is 0 Å². The van der Waals surface area contributed by atoms with Gasteiger partial charge in [-0.25, -0.2) is 4.68 Å². The van der Waals surface area contributed by atoms with Crippen LogP contribution in [0.15, 0.2) is 66.6 Å². The molecule has 2 heterocycles. The van der Waals surface area contributed by atoms with E-state index >= 15 is 0 Å². The third-order valence-electron chi connectivity index (χ3n) is 4.19. The SMILES string of the molecule is COCCCNC(=O)C(C#N)=Cc1cn(-c2ccccc2)nc1-c1ccncc1. The van der Waals surface area contributed by atoms with Gasteiger partial charge in [0, 0.05) is 50.0 Å². The lowest BCUT2D eigenvalue weighted by Crippen LogP contribution is -2.26. The van der Waals surface area contributed by atoms with E-state index in [0.29, 0.717) is 30.8 Å². The molecule has 3 rings (SSSR count). The Morgan fingerprint density at radius 1 is 1.24 bits per heavy atom. The van der Waals surface area contributed by atoms with Gasteiger partial charge in [0.2, 0.25) is 0 Å². The number of rotatable bonds is 8. The summed E-state index contributed by atoms with van der Waals surface area (Å²) < 4.78 is 6.70. The molecular formula is C22H21N5O2. The number of nitriles is 1. The molecule has 0 fully saturated rings. The van der Waals surface area contributed by atoms with Crippen LogP contribution in [-0.2, 0) is 9.53 Å². The fourth-order valence-electron chi connectivity index (χ4n) is 2.76. The van der Waals surface area contributed by atoms with Gasteiger partial charge in [-0.15, -0.1) is 0 Å². The zero-order chi connectivity index (χ0) is 20.5. The summed E-state index contributed by atoms with van der Waals surface area (Å²) in [6.45, 7) is 0.980. The fraction of sp³-hybridized carbons (Fsp3) is 0.182. The summed E-state index contributed by atoms with van der Waals surface area (Å²) in [4.78, 5) is 16.4.